The van der Waals surface area contributed by atoms with Crippen LogP contribution in [-0.2, 0) is 34.8 Å². The molecule has 4 heterocycles. The Bertz CT molecular complexity index is 1100. The number of benzene rings is 1. The van der Waals surface area contributed by atoms with E-state index in [1.807, 2.05) is 6.20 Å². The lowest BCUT2D eigenvalue weighted by molar-refractivity contribution is -0.190. The number of rotatable bonds is 9. The number of aromatic hydroxyl groups is 1. The van der Waals surface area contributed by atoms with Gasteiger partial charge in [-0.05, 0) is 44.0 Å². The average Bonchev–Trinajstić information content (AvgIpc) is 3.61. The van der Waals surface area contributed by atoms with E-state index in [1.54, 1.807) is 28.0 Å². The van der Waals surface area contributed by atoms with Gasteiger partial charge in [0, 0.05) is 49.8 Å². The monoisotopic (exact) mass is 486 g/mol. The summed E-state index contributed by atoms with van der Waals surface area (Å²) in [6, 6.07) is 3.96. The first-order valence-corrected chi connectivity index (χ1v) is 12.0. The summed E-state index contributed by atoms with van der Waals surface area (Å²) in [7, 11) is 0. The van der Waals surface area contributed by atoms with E-state index in [4.69, 9.17) is 9.47 Å². The molecule has 2 fully saturated rings. The number of hydrogen-bond donors (Lipinski definition) is 2. The summed E-state index contributed by atoms with van der Waals surface area (Å²) in [5.41, 5.74) is 1.12. The maximum Gasteiger partial charge on any atom is 0.216 e. The van der Waals surface area contributed by atoms with E-state index in [2.05, 4.69) is 20.2 Å². The van der Waals surface area contributed by atoms with Crippen LogP contribution >= 0.6 is 0 Å². The number of hydrogen-bond acceptors (Lipinski definition) is 8. The minimum Gasteiger partial charge on any atom is -0.508 e. The van der Waals surface area contributed by atoms with Gasteiger partial charge in [0.05, 0.1) is 31.7 Å². The normalized spacial score (nSPS) is 23.8. The minimum atomic E-state index is -1.35. The molecule has 2 aliphatic rings. The molecule has 0 unspecified atom stereocenters. The van der Waals surface area contributed by atoms with Crippen molar-refractivity contribution >= 4 is 0 Å². The lowest BCUT2D eigenvalue weighted by Crippen LogP contribution is -2.36. The average molecular weight is 487 g/mol. The van der Waals surface area contributed by atoms with Gasteiger partial charge >= 0.3 is 0 Å². The molecule has 10 nitrogen and oxygen atoms in total. The van der Waals surface area contributed by atoms with E-state index in [1.165, 1.54) is 12.1 Å². The molecule has 2 N–H and O–H groups in total. The Morgan fingerprint density at radius 2 is 2.09 bits per heavy atom. The summed E-state index contributed by atoms with van der Waals surface area (Å²) >= 11 is 0. The highest BCUT2D eigenvalue weighted by Crippen LogP contribution is 2.38. The Morgan fingerprint density at radius 3 is 2.83 bits per heavy atom. The number of phenolic OH excluding ortho intramolecular Hbond substituents is 1. The second-order valence-electron chi connectivity index (χ2n) is 9.35. The van der Waals surface area contributed by atoms with Gasteiger partial charge in [0.25, 0.3) is 0 Å². The molecule has 0 amide bonds. The third-order valence-electron chi connectivity index (χ3n) is 6.80. The number of likely N-dealkylation sites (tertiary alicyclic amines) is 1. The van der Waals surface area contributed by atoms with Crippen LogP contribution in [0, 0.1) is 11.7 Å². The van der Waals surface area contributed by atoms with Gasteiger partial charge < -0.3 is 29.2 Å². The molecule has 0 bridgehead atoms. The van der Waals surface area contributed by atoms with E-state index in [-0.39, 0.29) is 37.2 Å². The molecule has 2 aliphatic heterocycles. The SMILES string of the molecule is OCC1CCN(CCc2cn(C[C@H]3CO[C@](Cn4ccnc4)(c4ccc(O)cc4F)O3)nn2)CC1. The molecule has 0 radical (unpaired) electrons. The maximum atomic E-state index is 14.8. The zero-order valence-corrected chi connectivity index (χ0v) is 19.5. The van der Waals surface area contributed by atoms with Gasteiger partial charge in [-0.1, -0.05) is 5.21 Å². The highest BCUT2D eigenvalue weighted by atomic mass is 19.1. The van der Waals surface area contributed by atoms with Gasteiger partial charge in [-0.2, -0.15) is 0 Å². The predicted octanol–water partition coefficient (Wildman–Crippen LogP) is 1.53. The first-order chi connectivity index (χ1) is 17.0. The first kappa shape index (κ1) is 23.9. The number of aliphatic hydroxyl groups excluding tert-OH is 1. The quantitative estimate of drug-likeness (QED) is 0.469. The summed E-state index contributed by atoms with van der Waals surface area (Å²) in [4.78, 5) is 6.45. The second kappa shape index (κ2) is 10.4. The standard InChI is InChI=1S/C24H31FN6O4/c25-23-11-20(33)1-2-22(23)24(16-30-10-6-26-17-30)34-15-21(35-24)13-31-12-19(27-28-31)5-9-29-7-3-18(14-32)4-8-29/h1-2,6,10-12,17-18,21,32-33H,3-5,7-9,13-16H2/t21-,24-/m0/s1. The van der Waals surface area contributed by atoms with Crippen molar-refractivity contribution in [1.82, 2.24) is 29.4 Å². The molecule has 5 rings (SSSR count). The van der Waals surface area contributed by atoms with Crippen LogP contribution in [0.1, 0.15) is 24.1 Å². The van der Waals surface area contributed by atoms with E-state index >= 15 is 0 Å². The van der Waals surface area contributed by atoms with Gasteiger partial charge in [0.1, 0.15) is 17.7 Å². The fourth-order valence-corrected chi connectivity index (χ4v) is 4.81. The summed E-state index contributed by atoms with van der Waals surface area (Å²) in [5.74, 6) is -1.69. The van der Waals surface area contributed by atoms with Gasteiger partial charge in [0.2, 0.25) is 5.79 Å². The minimum absolute atomic E-state index is 0.161. The van der Waals surface area contributed by atoms with Crippen LogP contribution in [0.25, 0.3) is 0 Å². The van der Waals surface area contributed by atoms with Crippen molar-refractivity contribution in [3.8, 4) is 5.75 Å². The molecule has 0 saturated carbocycles. The van der Waals surface area contributed by atoms with E-state index in [9.17, 15) is 14.6 Å². The highest BCUT2D eigenvalue weighted by Gasteiger charge is 2.45. The first-order valence-electron chi connectivity index (χ1n) is 12.0. The number of halogens is 1. The highest BCUT2D eigenvalue weighted by molar-refractivity contribution is 5.31. The van der Waals surface area contributed by atoms with Crippen LogP contribution in [0.3, 0.4) is 0 Å². The molecule has 0 spiro atoms. The molecule has 2 saturated heterocycles. The Kier molecular flexibility index (Phi) is 7.09. The molecule has 1 aromatic carbocycles. The number of ether oxygens (including phenoxy) is 2. The summed E-state index contributed by atoms with van der Waals surface area (Å²) in [6.07, 6.45) is 9.44. The van der Waals surface area contributed by atoms with E-state index in [0.29, 0.717) is 12.5 Å². The largest absolute Gasteiger partial charge is 0.508 e. The van der Waals surface area contributed by atoms with E-state index < -0.39 is 11.6 Å². The van der Waals surface area contributed by atoms with Crippen LogP contribution in [0.2, 0.25) is 0 Å². The van der Waals surface area contributed by atoms with Gasteiger partial charge in [-0.3, -0.25) is 0 Å². The Labute approximate surface area is 202 Å². The molecular weight excluding hydrogens is 455 g/mol. The van der Waals surface area contributed by atoms with Crippen molar-refractivity contribution in [2.45, 2.75) is 44.2 Å². The second-order valence-corrected chi connectivity index (χ2v) is 9.35. The Hall–Kier alpha value is -2.86. The van der Waals surface area contributed by atoms with Crippen LogP contribution < -0.4 is 0 Å². The van der Waals surface area contributed by atoms with Crippen LogP contribution in [0.4, 0.5) is 4.39 Å². The fourth-order valence-electron chi connectivity index (χ4n) is 4.81. The summed E-state index contributed by atoms with van der Waals surface area (Å²) in [6.45, 7) is 4.07. The maximum absolute atomic E-state index is 14.8. The number of imidazole rings is 1. The Morgan fingerprint density at radius 1 is 1.23 bits per heavy atom. The van der Waals surface area contributed by atoms with Gasteiger partial charge in [0.15, 0.2) is 0 Å². The molecule has 3 aromatic rings. The van der Waals surface area contributed by atoms with E-state index in [0.717, 1.165) is 50.7 Å². The molecule has 2 atom stereocenters. The van der Waals surface area contributed by atoms with Crippen LogP contribution in [0.15, 0.2) is 43.1 Å². The van der Waals surface area contributed by atoms with Crippen molar-refractivity contribution in [1.29, 1.82) is 0 Å². The molecule has 35 heavy (non-hydrogen) atoms. The van der Waals surface area contributed by atoms with Crippen molar-refractivity contribution in [2.75, 3.05) is 32.8 Å². The van der Waals surface area contributed by atoms with Crippen molar-refractivity contribution in [3.63, 3.8) is 0 Å². The topological polar surface area (TPSA) is 111 Å². The van der Waals surface area contributed by atoms with Crippen LogP contribution in [-0.4, -0.2) is 78.6 Å². The lowest BCUT2D eigenvalue weighted by atomic mass is 9.98. The third-order valence-corrected chi connectivity index (χ3v) is 6.80. The number of phenols is 1. The number of aromatic nitrogens is 5. The fraction of sp³-hybridized carbons (Fsp3) is 0.542. The van der Waals surface area contributed by atoms with Gasteiger partial charge in [-0.15, -0.1) is 5.10 Å². The summed E-state index contributed by atoms with van der Waals surface area (Å²) < 4.78 is 30.7. The summed E-state index contributed by atoms with van der Waals surface area (Å²) in [5, 5.41) is 27.5. The number of nitrogens with zero attached hydrogens (tertiary/aromatic N) is 6. The molecule has 0 aliphatic carbocycles. The lowest BCUT2D eigenvalue weighted by Gasteiger charge is -2.30. The predicted molar refractivity (Wildman–Crippen MR) is 123 cm³/mol. The van der Waals surface area contributed by atoms with Crippen molar-refractivity contribution < 1.29 is 24.1 Å². The smallest absolute Gasteiger partial charge is 0.216 e. The third kappa shape index (κ3) is 5.53. The van der Waals surface area contributed by atoms with Crippen molar-refractivity contribution in [3.05, 3.63) is 60.2 Å². The number of aliphatic hydroxyl groups is 1. The van der Waals surface area contributed by atoms with Gasteiger partial charge in [-0.25, -0.2) is 14.1 Å². The Balaban J connectivity index is 1.22. The van der Waals surface area contributed by atoms with Crippen LogP contribution in [0.5, 0.6) is 5.75 Å². The zero-order chi connectivity index (χ0) is 24.3. The molecule has 188 valence electrons. The molecule has 11 heteroatoms. The number of piperidine rings is 1. The molecular formula is C24H31FN6O4. The molecule has 2 aromatic heterocycles. The van der Waals surface area contributed by atoms with Crippen molar-refractivity contribution in [2.24, 2.45) is 5.92 Å². The zero-order valence-electron chi connectivity index (χ0n) is 19.5.